The maximum absolute atomic E-state index is 5.50. The van der Waals surface area contributed by atoms with Crippen molar-refractivity contribution in [3.63, 3.8) is 0 Å². The summed E-state index contributed by atoms with van der Waals surface area (Å²) in [6, 6.07) is 7.49. The Balaban J connectivity index is 2.20. The zero-order valence-electron chi connectivity index (χ0n) is 9.34. The Bertz CT molecular complexity index is 536. The number of aryl methyl sites for hydroxylation is 1. The van der Waals surface area contributed by atoms with Crippen molar-refractivity contribution in [1.82, 2.24) is 9.97 Å². The number of nitrogens with one attached hydrogen (secondary N) is 1. The Hall–Kier alpha value is -2.01. The number of aromatic nitrogens is 2. The van der Waals surface area contributed by atoms with E-state index in [1.165, 1.54) is 0 Å². The molecule has 2 aromatic heterocycles. The molecule has 5 heteroatoms. The molecule has 2 heterocycles. The molecule has 4 nitrogen and oxygen atoms in total. The number of thiocarbonyl (C=S) groups is 1. The van der Waals surface area contributed by atoms with Crippen molar-refractivity contribution in [2.45, 2.75) is 6.92 Å². The van der Waals surface area contributed by atoms with Crippen molar-refractivity contribution in [2.75, 3.05) is 5.32 Å². The minimum atomic E-state index is 0.349. The van der Waals surface area contributed by atoms with Gasteiger partial charge in [-0.25, -0.2) is 4.98 Å². The van der Waals surface area contributed by atoms with Gasteiger partial charge in [0, 0.05) is 18.0 Å². The number of hydrogen-bond acceptors (Lipinski definition) is 4. The quantitative estimate of drug-likeness (QED) is 0.810. The van der Waals surface area contributed by atoms with E-state index < -0.39 is 0 Å². The van der Waals surface area contributed by atoms with Crippen molar-refractivity contribution in [3.05, 3.63) is 47.9 Å². The molecule has 0 aliphatic carbocycles. The molecule has 0 aromatic carbocycles. The molecule has 0 spiro atoms. The third-order valence-electron chi connectivity index (χ3n) is 2.32. The van der Waals surface area contributed by atoms with E-state index in [-0.39, 0.29) is 0 Å². The van der Waals surface area contributed by atoms with Gasteiger partial charge in [-0.15, -0.1) is 0 Å². The van der Waals surface area contributed by atoms with Crippen LogP contribution in [0.1, 0.15) is 11.3 Å². The number of nitrogens with zero attached hydrogens (tertiary/aromatic N) is 2. The SMILES string of the molecule is Cc1ncccc1Nc1ccc(C(N)=S)cn1. The molecule has 0 unspecified atom stereocenters. The first kappa shape index (κ1) is 11.5. The highest BCUT2D eigenvalue weighted by molar-refractivity contribution is 7.80. The first-order chi connectivity index (χ1) is 8.16. The first-order valence-electron chi connectivity index (χ1n) is 5.11. The lowest BCUT2D eigenvalue weighted by Gasteiger charge is -2.07. The van der Waals surface area contributed by atoms with Crippen LogP contribution >= 0.6 is 12.2 Å². The zero-order valence-corrected chi connectivity index (χ0v) is 10.2. The highest BCUT2D eigenvalue weighted by atomic mass is 32.1. The number of hydrogen-bond donors (Lipinski definition) is 2. The van der Waals surface area contributed by atoms with E-state index in [1.54, 1.807) is 12.4 Å². The molecule has 86 valence electrons. The summed E-state index contributed by atoms with van der Waals surface area (Å²) in [5.74, 6) is 0.737. The van der Waals surface area contributed by atoms with E-state index in [9.17, 15) is 0 Å². The molecular weight excluding hydrogens is 232 g/mol. The molecule has 0 bridgehead atoms. The third kappa shape index (κ3) is 2.76. The number of pyridine rings is 2. The largest absolute Gasteiger partial charge is 0.389 e. The summed E-state index contributed by atoms with van der Waals surface area (Å²) in [7, 11) is 0. The van der Waals surface area contributed by atoms with Gasteiger partial charge in [0.05, 0.1) is 11.4 Å². The first-order valence-corrected chi connectivity index (χ1v) is 5.52. The zero-order chi connectivity index (χ0) is 12.3. The summed E-state index contributed by atoms with van der Waals surface area (Å²) < 4.78 is 0. The van der Waals surface area contributed by atoms with Crippen LogP contribution in [-0.4, -0.2) is 15.0 Å². The van der Waals surface area contributed by atoms with E-state index in [2.05, 4.69) is 15.3 Å². The Morgan fingerprint density at radius 3 is 2.71 bits per heavy atom. The highest BCUT2D eigenvalue weighted by Crippen LogP contribution is 2.16. The van der Waals surface area contributed by atoms with Crippen LogP contribution in [-0.2, 0) is 0 Å². The molecular formula is C12H12N4S. The average Bonchev–Trinajstić information content (AvgIpc) is 2.33. The topological polar surface area (TPSA) is 63.8 Å². The number of rotatable bonds is 3. The molecule has 2 aromatic rings. The van der Waals surface area contributed by atoms with Gasteiger partial charge in [-0.1, -0.05) is 12.2 Å². The molecule has 0 aliphatic heterocycles. The molecule has 0 fully saturated rings. The third-order valence-corrected chi connectivity index (χ3v) is 2.55. The minimum absolute atomic E-state index is 0.349. The van der Waals surface area contributed by atoms with Crippen LogP contribution in [0.3, 0.4) is 0 Å². The van der Waals surface area contributed by atoms with E-state index in [0.29, 0.717) is 4.99 Å². The van der Waals surface area contributed by atoms with Crippen molar-refractivity contribution in [1.29, 1.82) is 0 Å². The van der Waals surface area contributed by atoms with Crippen LogP contribution in [0, 0.1) is 6.92 Å². The van der Waals surface area contributed by atoms with Crippen LogP contribution in [0.15, 0.2) is 36.7 Å². The van der Waals surface area contributed by atoms with Crippen LogP contribution < -0.4 is 11.1 Å². The normalized spacial score (nSPS) is 9.94. The summed E-state index contributed by atoms with van der Waals surface area (Å²) >= 11 is 4.86. The van der Waals surface area contributed by atoms with Gasteiger partial charge < -0.3 is 11.1 Å². The molecule has 0 saturated heterocycles. The van der Waals surface area contributed by atoms with Gasteiger partial charge in [-0.05, 0) is 31.2 Å². The summed E-state index contributed by atoms with van der Waals surface area (Å²) in [5.41, 5.74) is 8.12. The lowest BCUT2D eigenvalue weighted by molar-refractivity contribution is 1.19. The molecule has 0 radical (unpaired) electrons. The van der Waals surface area contributed by atoms with Crippen LogP contribution in [0.25, 0.3) is 0 Å². The monoisotopic (exact) mass is 244 g/mol. The molecule has 3 N–H and O–H groups in total. The Morgan fingerprint density at radius 1 is 1.29 bits per heavy atom. The lowest BCUT2D eigenvalue weighted by atomic mass is 10.2. The molecule has 2 rings (SSSR count). The second kappa shape index (κ2) is 4.88. The van der Waals surface area contributed by atoms with Crippen molar-refractivity contribution < 1.29 is 0 Å². The average molecular weight is 244 g/mol. The van der Waals surface area contributed by atoms with Crippen molar-refractivity contribution in [3.8, 4) is 0 Å². The molecule has 0 saturated carbocycles. The molecule has 17 heavy (non-hydrogen) atoms. The maximum atomic E-state index is 5.50. The molecule has 0 aliphatic rings. The number of nitrogens with two attached hydrogens (primary N) is 1. The number of anilines is 2. The highest BCUT2D eigenvalue weighted by Gasteiger charge is 2.01. The van der Waals surface area contributed by atoms with Gasteiger partial charge in [0.15, 0.2) is 0 Å². The second-order valence-corrected chi connectivity index (χ2v) is 4.00. The predicted molar refractivity (Wildman–Crippen MR) is 72.4 cm³/mol. The molecule has 0 amide bonds. The predicted octanol–water partition coefficient (Wildman–Crippen LogP) is 2.16. The summed E-state index contributed by atoms with van der Waals surface area (Å²) in [4.78, 5) is 8.77. The van der Waals surface area contributed by atoms with E-state index in [1.807, 2.05) is 31.2 Å². The lowest BCUT2D eigenvalue weighted by Crippen LogP contribution is -2.09. The Morgan fingerprint density at radius 2 is 2.12 bits per heavy atom. The van der Waals surface area contributed by atoms with Crippen LogP contribution in [0.4, 0.5) is 11.5 Å². The summed E-state index contributed by atoms with van der Waals surface area (Å²) in [6.07, 6.45) is 3.40. The van der Waals surface area contributed by atoms with Gasteiger partial charge in [0.2, 0.25) is 0 Å². The standard InChI is InChI=1S/C12H12N4S/c1-8-10(3-2-6-14-8)16-11-5-4-9(7-15-11)12(13)17/h2-7H,1H3,(H2,13,17)(H,15,16). The fourth-order valence-electron chi connectivity index (χ4n) is 1.37. The Kier molecular flexibility index (Phi) is 3.30. The van der Waals surface area contributed by atoms with Gasteiger partial charge in [0.1, 0.15) is 10.8 Å². The van der Waals surface area contributed by atoms with Gasteiger partial charge in [-0.3, -0.25) is 4.98 Å². The second-order valence-electron chi connectivity index (χ2n) is 3.56. The van der Waals surface area contributed by atoms with Gasteiger partial charge in [-0.2, -0.15) is 0 Å². The van der Waals surface area contributed by atoms with Crippen molar-refractivity contribution >= 4 is 28.7 Å². The fraction of sp³-hybridized carbons (Fsp3) is 0.0833. The summed E-state index contributed by atoms with van der Waals surface area (Å²) in [5, 5.41) is 3.18. The fourth-order valence-corrected chi connectivity index (χ4v) is 1.49. The van der Waals surface area contributed by atoms with Crippen molar-refractivity contribution in [2.24, 2.45) is 5.73 Å². The maximum Gasteiger partial charge on any atom is 0.130 e. The minimum Gasteiger partial charge on any atom is -0.389 e. The summed E-state index contributed by atoms with van der Waals surface area (Å²) in [6.45, 7) is 1.94. The van der Waals surface area contributed by atoms with Crippen LogP contribution in [0.2, 0.25) is 0 Å². The van der Waals surface area contributed by atoms with Gasteiger partial charge >= 0.3 is 0 Å². The van der Waals surface area contributed by atoms with E-state index in [0.717, 1.165) is 22.8 Å². The molecule has 0 atom stereocenters. The van der Waals surface area contributed by atoms with E-state index in [4.69, 9.17) is 18.0 Å². The van der Waals surface area contributed by atoms with Crippen LogP contribution in [0.5, 0.6) is 0 Å². The smallest absolute Gasteiger partial charge is 0.130 e. The Labute approximate surface area is 105 Å². The van der Waals surface area contributed by atoms with Gasteiger partial charge in [0.25, 0.3) is 0 Å². The van der Waals surface area contributed by atoms with E-state index >= 15 is 0 Å².